The van der Waals surface area contributed by atoms with Crippen molar-refractivity contribution in [3.8, 4) is 5.75 Å². The molecule has 2 aromatic rings. The fraction of sp³-hybridized carbons (Fsp3) is 0.429. The van der Waals surface area contributed by atoms with E-state index >= 15 is 0 Å². The molecule has 1 aliphatic rings. The Bertz CT molecular complexity index is 794. The minimum Gasteiger partial charge on any atom is -0.495 e. The average Bonchev–Trinajstić information content (AvgIpc) is 2.83. The molecule has 8 heteroatoms. The standard InChI is InChI=1S/C14H17N3O4S/c1-9-4-5-12(20-3)13(6-9)22(18,19)17-7-11(8-17)14-15-10(2)16-21-14/h4-6,11H,7-8H2,1-3H3. The Kier molecular flexibility index (Phi) is 3.65. The van der Waals surface area contributed by atoms with Crippen LogP contribution < -0.4 is 4.74 Å². The van der Waals surface area contributed by atoms with Crippen molar-refractivity contribution in [3.63, 3.8) is 0 Å². The number of benzene rings is 1. The Balaban J connectivity index is 1.82. The second-order valence-electron chi connectivity index (χ2n) is 5.35. The molecule has 7 nitrogen and oxygen atoms in total. The maximum absolute atomic E-state index is 12.7. The fourth-order valence-corrected chi connectivity index (χ4v) is 4.17. The molecule has 0 atom stereocenters. The monoisotopic (exact) mass is 323 g/mol. The summed E-state index contributed by atoms with van der Waals surface area (Å²) in [5.41, 5.74) is 0.865. The molecule has 2 heterocycles. The summed E-state index contributed by atoms with van der Waals surface area (Å²) in [4.78, 5) is 4.34. The van der Waals surface area contributed by atoms with Crippen molar-refractivity contribution in [1.82, 2.24) is 14.4 Å². The van der Waals surface area contributed by atoms with Crippen molar-refractivity contribution in [2.45, 2.75) is 24.7 Å². The van der Waals surface area contributed by atoms with Crippen LogP contribution in [0, 0.1) is 13.8 Å². The van der Waals surface area contributed by atoms with Crippen molar-refractivity contribution >= 4 is 10.0 Å². The summed E-state index contributed by atoms with van der Waals surface area (Å²) in [6.45, 7) is 4.25. The highest BCUT2D eigenvalue weighted by Gasteiger charge is 2.41. The summed E-state index contributed by atoms with van der Waals surface area (Å²) >= 11 is 0. The largest absolute Gasteiger partial charge is 0.495 e. The second-order valence-corrected chi connectivity index (χ2v) is 7.26. The van der Waals surface area contributed by atoms with Gasteiger partial charge in [-0.3, -0.25) is 0 Å². The Morgan fingerprint density at radius 3 is 2.64 bits per heavy atom. The predicted molar refractivity (Wildman–Crippen MR) is 78.3 cm³/mol. The summed E-state index contributed by atoms with van der Waals surface area (Å²) in [6, 6.07) is 5.11. The van der Waals surface area contributed by atoms with Gasteiger partial charge >= 0.3 is 0 Å². The third-order valence-corrected chi connectivity index (χ3v) is 5.53. The average molecular weight is 323 g/mol. The zero-order valence-corrected chi connectivity index (χ0v) is 13.4. The van der Waals surface area contributed by atoms with Crippen LogP contribution in [0.2, 0.25) is 0 Å². The van der Waals surface area contributed by atoms with E-state index in [9.17, 15) is 8.42 Å². The lowest BCUT2D eigenvalue weighted by Crippen LogP contribution is -2.48. The van der Waals surface area contributed by atoms with Crippen molar-refractivity contribution in [2.75, 3.05) is 20.2 Å². The third-order valence-electron chi connectivity index (χ3n) is 3.68. The van der Waals surface area contributed by atoms with Crippen LogP contribution in [0.1, 0.15) is 23.2 Å². The van der Waals surface area contributed by atoms with Crippen LogP contribution in [0.3, 0.4) is 0 Å². The molecule has 1 aliphatic heterocycles. The molecule has 3 rings (SSSR count). The number of nitrogens with zero attached hydrogens (tertiary/aromatic N) is 3. The molecule has 0 saturated carbocycles. The molecule has 0 amide bonds. The van der Waals surface area contributed by atoms with Crippen LogP contribution in [0.15, 0.2) is 27.6 Å². The highest BCUT2D eigenvalue weighted by Crippen LogP contribution is 2.34. The summed E-state index contributed by atoms with van der Waals surface area (Å²) in [7, 11) is -2.12. The Morgan fingerprint density at radius 1 is 1.32 bits per heavy atom. The number of rotatable bonds is 4. The van der Waals surface area contributed by atoms with E-state index in [1.165, 1.54) is 11.4 Å². The molecule has 0 unspecified atom stereocenters. The molecule has 1 fully saturated rings. The van der Waals surface area contributed by atoms with E-state index < -0.39 is 10.0 Å². The van der Waals surface area contributed by atoms with Crippen LogP contribution in [-0.4, -0.2) is 43.1 Å². The first-order valence-electron chi connectivity index (χ1n) is 6.87. The third kappa shape index (κ3) is 2.48. The minimum absolute atomic E-state index is 0.0493. The van der Waals surface area contributed by atoms with Gasteiger partial charge < -0.3 is 9.26 Å². The van der Waals surface area contributed by atoms with Crippen LogP contribution in [-0.2, 0) is 10.0 Å². The van der Waals surface area contributed by atoms with Gasteiger partial charge in [-0.05, 0) is 31.5 Å². The van der Waals surface area contributed by atoms with Crippen LogP contribution in [0.25, 0.3) is 0 Å². The zero-order chi connectivity index (χ0) is 15.9. The number of aryl methyl sites for hydroxylation is 2. The summed E-state index contributed by atoms with van der Waals surface area (Å²) < 4.78 is 37.1. The Morgan fingerprint density at radius 2 is 2.05 bits per heavy atom. The number of hydrogen-bond donors (Lipinski definition) is 0. The number of hydrogen-bond acceptors (Lipinski definition) is 6. The first kappa shape index (κ1) is 15.0. The summed E-state index contributed by atoms with van der Waals surface area (Å²) in [5.74, 6) is 1.34. The van der Waals surface area contributed by atoms with Crippen molar-refractivity contribution in [2.24, 2.45) is 0 Å². The normalized spacial score (nSPS) is 16.5. The number of ether oxygens (including phenoxy) is 1. The molecule has 1 aromatic heterocycles. The van der Waals surface area contributed by atoms with E-state index in [0.717, 1.165) is 5.56 Å². The molecule has 1 aromatic carbocycles. The van der Waals surface area contributed by atoms with Gasteiger partial charge in [-0.25, -0.2) is 8.42 Å². The van der Waals surface area contributed by atoms with Crippen LogP contribution in [0.5, 0.6) is 5.75 Å². The van der Waals surface area contributed by atoms with Crippen LogP contribution in [0.4, 0.5) is 0 Å². The van der Waals surface area contributed by atoms with Crippen molar-refractivity contribution in [1.29, 1.82) is 0 Å². The Hall–Kier alpha value is -1.93. The van der Waals surface area contributed by atoms with Gasteiger partial charge in [-0.15, -0.1) is 0 Å². The van der Waals surface area contributed by atoms with Gasteiger partial charge in [0.2, 0.25) is 15.9 Å². The van der Waals surface area contributed by atoms with E-state index in [1.807, 2.05) is 13.0 Å². The number of aromatic nitrogens is 2. The number of sulfonamides is 1. The number of methoxy groups -OCH3 is 1. The lowest BCUT2D eigenvalue weighted by molar-refractivity contribution is 0.216. The molecule has 0 radical (unpaired) electrons. The highest BCUT2D eigenvalue weighted by atomic mass is 32.2. The molecule has 0 N–H and O–H groups in total. The van der Waals surface area contributed by atoms with E-state index in [4.69, 9.17) is 9.26 Å². The van der Waals surface area contributed by atoms with E-state index in [2.05, 4.69) is 10.1 Å². The smallest absolute Gasteiger partial charge is 0.246 e. The van der Waals surface area contributed by atoms with E-state index in [0.29, 0.717) is 30.6 Å². The maximum atomic E-state index is 12.7. The van der Waals surface area contributed by atoms with Gasteiger partial charge in [0, 0.05) is 13.1 Å². The SMILES string of the molecule is COc1ccc(C)cc1S(=O)(=O)N1CC(c2nc(C)no2)C1. The quantitative estimate of drug-likeness (QED) is 0.847. The predicted octanol–water partition coefficient (Wildman–Crippen LogP) is 1.48. The molecular formula is C14H17N3O4S. The highest BCUT2D eigenvalue weighted by molar-refractivity contribution is 7.89. The fourth-order valence-electron chi connectivity index (χ4n) is 2.39. The minimum atomic E-state index is -3.58. The second kappa shape index (κ2) is 5.36. The maximum Gasteiger partial charge on any atom is 0.246 e. The van der Waals surface area contributed by atoms with Crippen molar-refractivity contribution in [3.05, 3.63) is 35.5 Å². The van der Waals surface area contributed by atoms with E-state index in [-0.39, 0.29) is 10.8 Å². The van der Waals surface area contributed by atoms with Gasteiger partial charge in [-0.1, -0.05) is 11.2 Å². The first-order valence-corrected chi connectivity index (χ1v) is 8.31. The first-order chi connectivity index (χ1) is 10.4. The van der Waals surface area contributed by atoms with Gasteiger partial charge in [0.05, 0.1) is 13.0 Å². The lowest BCUT2D eigenvalue weighted by atomic mass is 10.0. The van der Waals surface area contributed by atoms with Gasteiger partial charge in [-0.2, -0.15) is 9.29 Å². The van der Waals surface area contributed by atoms with Crippen LogP contribution >= 0.6 is 0 Å². The van der Waals surface area contributed by atoms with Gasteiger partial charge in [0.25, 0.3) is 0 Å². The van der Waals surface area contributed by atoms with Gasteiger partial charge in [0.15, 0.2) is 5.82 Å². The Labute approximate surface area is 128 Å². The van der Waals surface area contributed by atoms with E-state index in [1.54, 1.807) is 19.1 Å². The summed E-state index contributed by atoms with van der Waals surface area (Å²) in [5, 5.41) is 3.73. The molecule has 22 heavy (non-hydrogen) atoms. The zero-order valence-electron chi connectivity index (χ0n) is 12.6. The molecule has 0 spiro atoms. The van der Waals surface area contributed by atoms with Crippen molar-refractivity contribution < 1.29 is 17.7 Å². The summed E-state index contributed by atoms with van der Waals surface area (Å²) in [6.07, 6.45) is 0. The molecule has 1 saturated heterocycles. The molecule has 0 aliphatic carbocycles. The topological polar surface area (TPSA) is 85.5 Å². The van der Waals surface area contributed by atoms with Gasteiger partial charge in [0.1, 0.15) is 10.6 Å². The molecule has 118 valence electrons. The lowest BCUT2D eigenvalue weighted by Gasteiger charge is -2.36. The molecule has 0 bridgehead atoms. The molecular weight excluding hydrogens is 306 g/mol.